The predicted octanol–water partition coefficient (Wildman–Crippen LogP) is 4.07. The zero-order chi connectivity index (χ0) is 30.4. The molecule has 3 aromatic heterocycles. The lowest BCUT2D eigenvalue weighted by molar-refractivity contribution is 0.102. The molecule has 1 saturated carbocycles. The van der Waals surface area contributed by atoms with Crippen molar-refractivity contribution in [1.82, 2.24) is 29.2 Å². The summed E-state index contributed by atoms with van der Waals surface area (Å²) in [7, 11) is 2.11. The van der Waals surface area contributed by atoms with E-state index in [-0.39, 0.29) is 23.0 Å². The minimum Gasteiger partial charge on any atom is -0.382 e. The second-order valence-corrected chi connectivity index (χ2v) is 12.2. The minimum absolute atomic E-state index is 0.0311. The number of nitrogens with two attached hydrogens (primary N) is 1. The van der Waals surface area contributed by atoms with E-state index in [1.54, 1.807) is 24.5 Å². The third-order valence-corrected chi connectivity index (χ3v) is 9.27. The number of carbonyl (C=O) groups is 1. The van der Waals surface area contributed by atoms with Gasteiger partial charge < -0.3 is 20.9 Å². The Hall–Kier alpha value is -4.53. The monoisotopic (exact) mass is 593 g/mol. The SMILES string of the molecule is CC#CCN1CC2(CC2)C[C@H]1c1nc(-c2ccc(C(=O)Nc3cc(N4CCN(C)CC4)ccn3)cc2F)c2c(N)nccn12. The zero-order valence-corrected chi connectivity index (χ0v) is 25.1. The molecule has 3 aliphatic rings. The summed E-state index contributed by atoms with van der Waals surface area (Å²) in [5, 5.41) is 2.83. The maximum absolute atomic E-state index is 15.9. The van der Waals surface area contributed by atoms with Crippen LogP contribution in [0.3, 0.4) is 0 Å². The van der Waals surface area contributed by atoms with Gasteiger partial charge in [0.15, 0.2) is 0 Å². The van der Waals surface area contributed by atoms with Crippen LogP contribution in [0.4, 0.5) is 21.7 Å². The molecular formula is C33H36FN9O. The number of nitrogen functional groups attached to an aromatic ring is 1. The van der Waals surface area contributed by atoms with E-state index in [9.17, 15) is 4.79 Å². The first-order valence-electron chi connectivity index (χ1n) is 15.1. The number of halogens is 1. The molecule has 10 nitrogen and oxygen atoms in total. The molecule has 7 rings (SSSR count). The number of amides is 1. The summed E-state index contributed by atoms with van der Waals surface area (Å²) < 4.78 is 17.8. The number of piperazine rings is 1. The Kier molecular flexibility index (Phi) is 7.19. The predicted molar refractivity (Wildman–Crippen MR) is 169 cm³/mol. The van der Waals surface area contributed by atoms with Crippen molar-refractivity contribution in [2.24, 2.45) is 5.41 Å². The topological polar surface area (TPSA) is 108 Å². The number of hydrogen-bond acceptors (Lipinski definition) is 8. The maximum Gasteiger partial charge on any atom is 0.256 e. The number of benzene rings is 1. The molecule has 0 bridgehead atoms. The molecule has 1 atom stereocenters. The molecule has 5 heterocycles. The molecule has 2 saturated heterocycles. The lowest BCUT2D eigenvalue weighted by atomic mass is 10.0. The van der Waals surface area contributed by atoms with E-state index in [0.717, 1.165) is 50.7 Å². The molecule has 44 heavy (non-hydrogen) atoms. The Morgan fingerprint density at radius 2 is 1.95 bits per heavy atom. The van der Waals surface area contributed by atoms with Gasteiger partial charge in [-0.1, -0.05) is 5.92 Å². The Bertz CT molecular complexity index is 1800. The number of anilines is 3. The lowest BCUT2D eigenvalue weighted by Crippen LogP contribution is -2.44. The van der Waals surface area contributed by atoms with Crippen LogP contribution in [0.1, 0.15) is 48.4 Å². The van der Waals surface area contributed by atoms with E-state index in [0.29, 0.717) is 29.0 Å². The number of carbonyl (C=O) groups excluding carboxylic acids is 1. The van der Waals surface area contributed by atoms with Gasteiger partial charge in [0.1, 0.15) is 34.5 Å². The number of imidazole rings is 1. The van der Waals surface area contributed by atoms with Gasteiger partial charge in [0.25, 0.3) is 5.91 Å². The van der Waals surface area contributed by atoms with Crippen molar-refractivity contribution in [3.63, 3.8) is 0 Å². The van der Waals surface area contributed by atoms with Crippen molar-refractivity contribution in [3.05, 3.63) is 66.1 Å². The second kappa shape index (κ2) is 11.2. The zero-order valence-electron chi connectivity index (χ0n) is 25.1. The summed E-state index contributed by atoms with van der Waals surface area (Å²) in [5.41, 5.74) is 9.09. The molecule has 226 valence electrons. The van der Waals surface area contributed by atoms with E-state index >= 15 is 4.39 Å². The summed E-state index contributed by atoms with van der Waals surface area (Å²) in [4.78, 5) is 33.7. The minimum atomic E-state index is -0.564. The van der Waals surface area contributed by atoms with Crippen LogP contribution < -0.4 is 16.0 Å². The molecular weight excluding hydrogens is 557 g/mol. The molecule has 3 N–H and O–H groups in total. The largest absolute Gasteiger partial charge is 0.382 e. The van der Waals surface area contributed by atoms with Crippen molar-refractivity contribution in [3.8, 4) is 23.1 Å². The third kappa shape index (κ3) is 5.25. The van der Waals surface area contributed by atoms with E-state index in [4.69, 9.17) is 10.7 Å². The van der Waals surface area contributed by atoms with Gasteiger partial charge in [0.05, 0.1) is 12.6 Å². The van der Waals surface area contributed by atoms with Crippen molar-refractivity contribution < 1.29 is 9.18 Å². The summed E-state index contributed by atoms with van der Waals surface area (Å²) >= 11 is 0. The number of nitrogens with zero attached hydrogens (tertiary/aromatic N) is 7. The van der Waals surface area contributed by atoms with Crippen LogP contribution >= 0.6 is 0 Å². The van der Waals surface area contributed by atoms with Gasteiger partial charge in [-0.25, -0.2) is 19.3 Å². The average molecular weight is 594 g/mol. The smallest absolute Gasteiger partial charge is 0.256 e. The fourth-order valence-corrected chi connectivity index (χ4v) is 6.58. The molecule has 1 aromatic carbocycles. The van der Waals surface area contributed by atoms with Crippen molar-refractivity contribution in [2.45, 2.75) is 32.2 Å². The van der Waals surface area contributed by atoms with Crippen LogP contribution in [-0.4, -0.2) is 81.4 Å². The number of pyridine rings is 1. The quantitative estimate of drug-likeness (QED) is 0.322. The third-order valence-electron chi connectivity index (χ3n) is 9.27. The number of nitrogens with one attached hydrogen (secondary N) is 1. The standard InChI is InChI=1S/C33H36FN9O/c1-3-4-12-42-21-33(8-9-33)20-26(42)31-39-28(29-30(35)37-11-13-43(29)31)24-6-5-22(18-25(24)34)32(44)38-27-19-23(7-10-36-27)41-16-14-40(2)15-17-41/h5-7,10-11,13,18-19,26H,8-9,12,14-17,20-21H2,1-2H3,(H2,35,37)(H,36,38,44)/t26-/m0/s1. The first-order chi connectivity index (χ1) is 21.3. The van der Waals surface area contributed by atoms with Crippen molar-refractivity contribution >= 4 is 28.7 Å². The van der Waals surface area contributed by atoms with E-state index in [1.807, 2.05) is 29.7 Å². The van der Waals surface area contributed by atoms with Gasteiger partial charge >= 0.3 is 0 Å². The number of likely N-dealkylation sites (tertiary alicyclic amines) is 1. The highest BCUT2D eigenvalue weighted by molar-refractivity contribution is 6.04. The van der Waals surface area contributed by atoms with Crippen LogP contribution in [0, 0.1) is 23.1 Å². The van der Waals surface area contributed by atoms with Gasteiger partial charge in [0.2, 0.25) is 0 Å². The fourth-order valence-electron chi connectivity index (χ4n) is 6.58. The van der Waals surface area contributed by atoms with E-state index in [2.05, 4.69) is 48.9 Å². The number of likely N-dealkylation sites (N-methyl/N-ethyl adjacent to an activating group) is 1. The van der Waals surface area contributed by atoms with Crippen molar-refractivity contribution in [1.29, 1.82) is 0 Å². The molecule has 3 fully saturated rings. The molecule has 4 aromatic rings. The first kappa shape index (κ1) is 28.3. The van der Waals surface area contributed by atoms with E-state index < -0.39 is 11.7 Å². The van der Waals surface area contributed by atoms with E-state index in [1.165, 1.54) is 18.9 Å². The Labute approximate surface area is 256 Å². The van der Waals surface area contributed by atoms with Gasteiger partial charge in [0, 0.05) is 74.2 Å². The summed E-state index contributed by atoms with van der Waals surface area (Å²) in [6.07, 6.45) is 8.54. The average Bonchev–Trinajstić information content (AvgIpc) is 3.52. The molecule has 2 aliphatic heterocycles. The Balaban J connectivity index is 1.17. The fraction of sp³-hybridized carbons (Fsp3) is 0.394. The van der Waals surface area contributed by atoms with Gasteiger partial charge in [-0.3, -0.25) is 14.1 Å². The normalized spacial score (nSPS) is 19.7. The molecule has 0 radical (unpaired) electrons. The summed E-state index contributed by atoms with van der Waals surface area (Å²) in [6.45, 7) is 7.22. The molecule has 11 heteroatoms. The number of fused-ring (bicyclic) bond motifs is 1. The highest BCUT2D eigenvalue weighted by Gasteiger charge is 2.53. The molecule has 0 unspecified atom stereocenters. The lowest BCUT2D eigenvalue weighted by Gasteiger charge is -2.34. The second-order valence-electron chi connectivity index (χ2n) is 12.2. The maximum atomic E-state index is 15.9. The number of aromatic nitrogens is 4. The molecule has 1 amide bonds. The number of rotatable bonds is 6. The van der Waals surface area contributed by atoms with Crippen LogP contribution in [0.2, 0.25) is 0 Å². The summed E-state index contributed by atoms with van der Waals surface area (Å²) in [6, 6.07) is 8.26. The van der Waals surface area contributed by atoms with Crippen LogP contribution in [0.15, 0.2) is 48.9 Å². The molecule has 1 aliphatic carbocycles. The Morgan fingerprint density at radius 3 is 2.70 bits per heavy atom. The van der Waals surface area contributed by atoms with Crippen LogP contribution in [0.5, 0.6) is 0 Å². The van der Waals surface area contributed by atoms with Gasteiger partial charge in [-0.15, -0.1) is 5.92 Å². The highest BCUT2D eigenvalue weighted by Crippen LogP contribution is 2.58. The van der Waals surface area contributed by atoms with Crippen molar-refractivity contribution in [2.75, 3.05) is 62.3 Å². The Morgan fingerprint density at radius 1 is 1.14 bits per heavy atom. The summed E-state index contributed by atoms with van der Waals surface area (Å²) in [5.74, 6) is 6.71. The highest BCUT2D eigenvalue weighted by atomic mass is 19.1. The molecule has 1 spiro atoms. The number of hydrogen-bond donors (Lipinski definition) is 2. The van der Waals surface area contributed by atoms with Crippen LogP contribution in [-0.2, 0) is 0 Å². The van der Waals surface area contributed by atoms with Crippen LogP contribution in [0.25, 0.3) is 16.8 Å². The van der Waals surface area contributed by atoms with Gasteiger partial charge in [-0.2, -0.15) is 0 Å². The first-order valence-corrected chi connectivity index (χ1v) is 15.1. The van der Waals surface area contributed by atoms with Gasteiger partial charge in [-0.05, 0) is 62.9 Å².